The average Bonchev–Trinajstić information content (AvgIpc) is 2.86. The average molecular weight is 482 g/mol. The van der Waals surface area contributed by atoms with E-state index >= 15 is 0 Å². The van der Waals surface area contributed by atoms with Crippen LogP contribution in [0.5, 0.6) is 0 Å². The van der Waals surface area contributed by atoms with Crippen molar-refractivity contribution in [2.75, 3.05) is 0 Å². The van der Waals surface area contributed by atoms with E-state index in [9.17, 15) is 4.79 Å². The molecule has 0 saturated heterocycles. The van der Waals surface area contributed by atoms with E-state index in [1.807, 2.05) is 0 Å². The van der Waals surface area contributed by atoms with Gasteiger partial charge in [-0.2, -0.15) is 0 Å². The SMILES string of the molecule is CCCc1ccc2sc3ccc([S+](c4ccccc4)c4ccccc4C(C)C)cc3c(=O)c2c1. The predicted octanol–water partition coefficient (Wildman–Crippen LogP) is 8.59. The van der Waals surface area contributed by atoms with Gasteiger partial charge in [-0.1, -0.05) is 69.7 Å². The highest BCUT2D eigenvalue weighted by molar-refractivity contribution is 7.97. The first-order chi connectivity index (χ1) is 16.6. The van der Waals surface area contributed by atoms with Crippen molar-refractivity contribution in [3.63, 3.8) is 0 Å². The Labute approximate surface area is 208 Å². The fourth-order valence-corrected chi connectivity index (χ4v) is 7.98. The number of hydrogen-bond donors (Lipinski definition) is 0. The van der Waals surface area contributed by atoms with Crippen molar-refractivity contribution < 1.29 is 0 Å². The number of hydrogen-bond acceptors (Lipinski definition) is 2. The second kappa shape index (κ2) is 9.77. The summed E-state index contributed by atoms with van der Waals surface area (Å²) < 4.78 is 2.12. The molecule has 0 fully saturated rings. The molecule has 0 spiro atoms. The van der Waals surface area contributed by atoms with Gasteiger partial charge >= 0.3 is 0 Å². The Morgan fingerprint density at radius 1 is 0.765 bits per heavy atom. The normalized spacial score (nSPS) is 12.5. The number of rotatable bonds is 6. The second-order valence-corrected chi connectivity index (χ2v) is 12.1. The highest BCUT2D eigenvalue weighted by Crippen LogP contribution is 2.37. The lowest BCUT2D eigenvalue weighted by atomic mass is 10.0. The minimum absolute atomic E-state index is 0.150. The van der Waals surface area contributed by atoms with Crippen LogP contribution in [-0.2, 0) is 17.3 Å². The highest BCUT2D eigenvalue weighted by atomic mass is 32.2. The summed E-state index contributed by atoms with van der Waals surface area (Å²) in [6.07, 6.45) is 2.08. The minimum atomic E-state index is -0.286. The maximum Gasteiger partial charge on any atom is 0.196 e. The standard InChI is InChI=1S/C31H29OS2/c1-4-10-22-15-17-28-26(19-22)31(32)27-20-24(16-18-29(27)33-28)34(23-11-6-5-7-12-23)30-14-9-8-13-25(30)21(2)3/h5-9,11-21H,4,10H2,1-3H3/q+1. The first kappa shape index (κ1) is 22.9. The van der Waals surface area contributed by atoms with E-state index in [1.165, 1.54) is 25.8 Å². The highest BCUT2D eigenvalue weighted by Gasteiger charge is 2.32. The quantitative estimate of drug-likeness (QED) is 0.175. The number of aryl methyl sites for hydroxylation is 1. The van der Waals surface area contributed by atoms with E-state index in [-0.39, 0.29) is 16.3 Å². The monoisotopic (exact) mass is 481 g/mol. The summed E-state index contributed by atoms with van der Waals surface area (Å²) in [6.45, 7) is 6.68. The van der Waals surface area contributed by atoms with Crippen LogP contribution in [0.1, 0.15) is 44.2 Å². The third kappa shape index (κ3) is 4.31. The van der Waals surface area contributed by atoms with Crippen molar-refractivity contribution >= 4 is 42.4 Å². The Hall–Kier alpha value is -2.88. The van der Waals surface area contributed by atoms with Gasteiger partial charge in [-0.3, -0.25) is 4.79 Å². The summed E-state index contributed by atoms with van der Waals surface area (Å²) in [7, 11) is -0.286. The lowest BCUT2D eigenvalue weighted by Gasteiger charge is -2.14. The molecule has 0 radical (unpaired) electrons. The van der Waals surface area contributed by atoms with Crippen LogP contribution in [0.15, 0.2) is 110 Å². The summed E-state index contributed by atoms with van der Waals surface area (Å²) >= 11 is 1.72. The van der Waals surface area contributed by atoms with Gasteiger partial charge in [-0.15, -0.1) is 11.3 Å². The Balaban J connectivity index is 1.75. The molecule has 0 bridgehead atoms. The molecular formula is C31H29OS2+. The van der Waals surface area contributed by atoms with Crippen molar-refractivity contribution in [2.24, 2.45) is 0 Å². The van der Waals surface area contributed by atoms with Crippen LogP contribution >= 0.6 is 11.3 Å². The van der Waals surface area contributed by atoms with Gasteiger partial charge in [0.15, 0.2) is 20.1 Å². The van der Waals surface area contributed by atoms with Crippen molar-refractivity contribution in [1.82, 2.24) is 0 Å². The molecule has 1 unspecified atom stereocenters. The summed E-state index contributed by atoms with van der Waals surface area (Å²) in [5.74, 6) is 0.425. The molecule has 0 saturated carbocycles. The minimum Gasteiger partial charge on any atom is -0.288 e. The molecule has 5 rings (SSSR count). The lowest BCUT2D eigenvalue weighted by molar-refractivity contribution is 0.840. The molecule has 0 aliphatic rings. The zero-order valence-electron chi connectivity index (χ0n) is 19.9. The molecule has 1 heterocycles. The van der Waals surface area contributed by atoms with E-state index in [4.69, 9.17) is 0 Å². The fourth-order valence-electron chi connectivity index (χ4n) is 4.54. The zero-order chi connectivity index (χ0) is 23.7. The smallest absolute Gasteiger partial charge is 0.196 e. The third-order valence-corrected chi connectivity index (χ3v) is 9.65. The van der Waals surface area contributed by atoms with E-state index in [2.05, 4.69) is 112 Å². The van der Waals surface area contributed by atoms with Gasteiger partial charge in [0, 0.05) is 31.8 Å². The Morgan fingerprint density at radius 2 is 1.44 bits per heavy atom. The first-order valence-electron chi connectivity index (χ1n) is 11.9. The van der Waals surface area contributed by atoms with Crippen LogP contribution < -0.4 is 5.43 Å². The first-order valence-corrected chi connectivity index (χ1v) is 14.0. The largest absolute Gasteiger partial charge is 0.288 e. The van der Waals surface area contributed by atoms with Gasteiger partial charge in [-0.05, 0) is 60.4 Å². The number of benzene rings is 4. The van der Waals surface area contributed by atoms with E-state index < -0.39 is 0 Å². The third-order valence-electron chi connectivity index (χ3n) is 6.22. The van der Waals surface area contributed by atoms with Crippen molar-refractivity contribution in [1.29, 1.82) is 0 Å². The van der Waals surface area contributed by atoms with Crippen molar-refractivity contribution in [2.45, 2.75) is 54.2 Å². The topological polar surface area (TPSA) is 17.1 Å². The van der Waals surface area contributed by atoms with Crippen LogP contribution in [0.4, 0.5) is 0 Å². The summed E-state index contributed by atoms with van der Waals surface area (Å²) in [5.41, 5.74) is 2.75. The van der Waals surface area contributed by atoms with Crippen LogP contribution in [-0.4, -0.2) is 0 Å². The van der Waals surface area contributed by atoms with Crippen LogP contribution in [0.3, 0.4) is 0 Å². The molecule has 0 N–H and O–H groups in total. The van der Waals surface area contributed by atoms with Crippen molar-refractivity contribution in [3.05, 3.63) is 112 Å². The molecule has 34 heavy (non-hydrogen) atoms. The van der Waals surface area contributed by atoms with Gasteiger partial charge in [0.25, 0.3) is 0 Å². The van der Waals surface area contributed by atoms with Gasteiger partial charge in [-0.25, -0.2) is 0 Å². The molecule has 0 aliphatic heterocycles. The van der Waals surface area contributed by atoms with E-state index in [0.717, 1.165) is 33.0 Å². The molecule has 1 nitrogen and oxygen atoms in total. The van der Waals surface area contributed by atoms with Gasteiger partial charge in [0.2, 0.25) is 0 Å². The van der Waals surface area contributed by atoms with E-state index in [0.29, 0.717) is 5.92 Å². The Bertz CT molecular complexity index is 1520. The molecule has 4 aromatic carbocycles. The second-order valence-electron chi connectivity index (χ2n) is 8.98. The maximum atomic E-state index is 13.7. The fraction of sp³-hybridized carbons (Fsp3) is 0.194. The molecule has 1 aromatic heterocycles. The summed E-state index contributed by atoms with van der Waals surface area (Å²) in [4.78, 5) is 17.5. The van der Waals surface area contributed by atoms with Gasteiger partial charge < -0.3 is 0 Å². The molecule has 5 aromatic rings. The van der Waals surface area contributed by atoms with Gasteiger partial charge in [0.05, 0.1) is 10.9 Å². The van der Waals surface area contributed by atoms with E-state index in [1.54, 1.807) is 11.3 Å². The van der Waals surface area contributed by atoms with Gasteiger partial charge in [0.1, 0.15) is 0 Å². The van der Waals surface area contributed by atoms with Crippen molar-refractivity contribution in [3.8, 4) is 0 Å². The lowest BCUT2D eigenvalue weighted by Crippen LogP contribution is -2.10. The predicted molar refractivity (Wildman–Crippen MR) is 149 cm³/mol. The molecular weight excluding hydrogens is 452 g/mol. The molecule has 3 heteroatoms. The molecule has 0 amide bonds. The maximum absolute atomic E-state index is 13.7. The summed E-state index contributed by atoms with van der Waals surface area (Å²) in [6, 6.07) is 32.4. The van der Waals surface area contributed by atoms with Crippen LogP contribution in [0, 0.1) is 0 Å². The van der Waals surface area contributed by atoms with Crippen LogP contribution in [0.25, 0.3) is 20.2 Å². The molecule has 170 valence electrons. The molecule has 0 aliphatic carbocycles. The zero-order valence-corrected chi connectivity index (χ0v) is 21.5. The number of fused-ring (bicyclic) bond motifs is 2. The Kier molecular flexibility index (Phi) is 6.58. The van der Waals surface area contributed by atoms with Crippen LogP contribution in [0.2, 0.25) is 0 Å². The molecule has 1 atom stereocenters. The summed E-state index contributed by atoms with van der Waals surface area (Å²) in [5, 5.41) is 1.68. The Morgan fingerprint density at radius 3 is 2.18 bits per heavy atom.